The Balaban J connectivity index is 2.54. The first-order chi connectivity index (χ1) is 9.50. The Morgan fingerprint density at radius 1 is 1.45 bits per heavy atom. The SMILES string of the molecule is CCCC(C)(CNCC(C)C)CN1CCOCC1CO. The Kier molecular flexibility index (Phi) is 8.03. The predicted octanol–water partition coefficient (Wildman–Crippen LogP) is 1.73. The van der Waals surface area contributed by atoms with Gasteiger partial charge in [-0.2, -0.15) is 0 Å². The molecule has 0 radical (unpaired) electrons. The third-order valence-corrected chi connectivity index (χ3v) is 4.10. The summed E-state index contributed by atoms with van der Waals surface area (Å²) in [6.07, 6.45) is 2.42. The second kappa shape index (κ2) is 8.98. The molecule has 2 unspecified atom stereocenters. The fourth-order valence-electron chi connectivity index (χ4n) is 3.05. The molecule has 0 saturated carbocycles. The standard InChI is InChI=1S/C16H34N2O2/c1-5-6-16(4,12-17-9-14(2)3)13-18-7-8-20-11-15(18)10-19/h14-15,17,19H,5-13H2,1-4H3. The lowest BCUT2D eigenvalue weighted by atomic mass is 9.84. The zero-order valence-corrected chi connectivity index (χ0v) is 13.8. The van der Waals surface area contributed by atoms with E-state index >= 15 is 0 Å². The van der Waals surface area contributed by atoms with E-state index in [0.717, 1.165) is 32.8 Å². The van der Waals surface area contributed by atoms with Crippen molar-refractivity contribution in [3.05, 3.63) is 0 Å². The minimum Gasteiger partial charge on any atom is -0.395 e. The highest BCUT2D eigenvalue weighted by Gasteiger charge is 2.31. The summed E-state index contributed by atoms with van der Waals surface area (Å²) in [6, 6.07) is 0.171. The summed E-state index contributed by atoms with van der Waals surface area (Å²) >= 11 is 0. The van der Waals surface area contributed by atoms with Gasteiger partial charge in [-0.05, 0) is 24.3 Å². The second-order valence-electron chi connectivity index (χ2n) is 6.97. The van der Waals surface area contributed by atoms with E-state index in [1.807, 2.05) is 0 Å². The number of morpholine rings is 1. The van der Waals surface area contributed by atoms with Crippen molar-refractivity contribution in [3.8, 4) is 0 Å². The van der Waals surface area contributed by atoms with Crippen LogP contribution in [-0.2, 0) is 4.74 Å². The number of hydrogen-bond donors (Lipinski definition) is 2. The molecular weight excluding hydrogens is 252 g/mol. The van der Waals surface area contributed by atoms with E-state index in [1.54, 1.807) is 0 Å². The normalized spacial score (nSPS) is 24.0. The number of nitrogens with zero attached hydrogens (tertiary/aromatic N) is 1. The molecule has 1 saturated heterocycles. The van der Waals surface area contributed by atoms with Gasteiger partial charge >= 0.3 is 0 Å². The summed E-state index contributed by atoms with van der Waals surface area (Å²) in [5, 5.41) is 13.1. The fourth-order valence-corrected chi connectivity index (χ4v) is 3.05. The molecular formula is C16H34N2O2. The van der Waals surface area contributed by atoms with Crippen molar-refractivity contribution < 1.29 is 9.84 Å². The average molecular weight is 286 g/mol. The largest absolute Gasteiger partial charge is 0.395 e. The number of hydrogen-bond acceptors (Lipinski definition) is 4. The summed E-state index contributed by atoms with van der Waals surface area (Å²) in [6.45, 7) is 14.9. The van der Waals surface area contributed by atoms with Crippen LogP contribution in [0.15, 0.2) is 0 Å². The van der Waals surface area contributed by atoms with E-state index < -0.39 is 0 Å². The molecule has 20 heavy (non-hydrogen) atoms. The van der Waals surface area contributed by atoms with Crippen LogP contribution in [0.3, 0.4) is 0 Å². The lowest BCUT2D eigenvalue weighted by Crippen LogP contribution is -2.53. The topological polar surface area (TPSA) is 44.7 Å². The fraction of sp³-hybridized carbons (Fsp3) is 1.00. The van der Waals surface area contributed by atoms with Crippen molar-refractivity contribution in [2.24, 2.45) is 11.3 Å². The third kappa shape index (κ3) is 6.08. The minimum atomic E-state index is 0.171. The zero-order valence-electron chi connectivity index (χ0n) is 13.8. The van der Waals surface area contributed by atoms with Gasteiger partial charge in [0.1, 0.15) is 0 Å². The maximum Gasteiger partial charge on any atom is 0.0644 e. The molecule has 120 valence electrons. The molecule has 0 bridgehead atoms. The van der Waals surface area contributed by atoms with Crippen LogP contribution < -0.4 is 5.32 Å². The molecule has 2 N–H and O–H groups in total. The lowest BCUT2D eigenvalue weighted by molar-refractivity contribution is -0.0436. The first-order valence-corrected chi connectivity index (χ1v) is 8.14. The van der Waals surface area contributed by atoms with Crippen molar-refractivity contribution in [2.75, 3.05) is 46.0 Å². The first-order valence-electron chi connectivity index (χ1n) is 8.14. The third-order valence-electron chi connectivity index (χ3n) is 4.10. The molecule has 1 rings (SSSR count). The van der Waals surface area contributed by atoms with Gasteiger partial charge in [0.15, 0.2) is 0 Å². The average Bonchev–Trinajstić information content (AvgIpc) is 2.39. The van der Waals surface area contributed by atoms with Crippen LogP contribution in [0, 0.1) is 11.3 Å². The molecule has 0 spiro atoms. The molecule has 0 aromatic rings. The summed E-state index contributed by atoms with van der Waals surface area (Å²) in [7, 11) is 0. The van der Waals surface area contributed by atoms with Crippen molar-refractivity contribution in [2.45, 2.75) is 46.6 Å². The Labute approximate surface area is 124 Å². The molecule has 0 amide bonds. The molecule has 0 aliphatic carbocycles. The van der Waals surface area contributed by atoms with E-state index in [4.69, 9.17) is 4.74 Å². The highest BCUT2D eigenvalue weighted by molar-refractivity contribution is 4.85. The van der Waals surface area contributed by atoms with E-state index in [9.17, 15) is 5.11 Å². The highest BCUT2D eigenvalue weighted by Crippen LogP contribution is 2.25. The van der Waals surface area contributed by atoms with Crippen LogP contribution in [-0.4, -0.2) is 62.0 Å². The van der Waals surface area contributed by atoms with Crippen LogP contribution in [0.5, 0.6) is 0 Å². The van der Waals surface area contributed by atoms with Crippen LogP contribution in [0.2, 0.25) is 0 Å². The number of aliphatic hydroxyl groups is 1. The molecule has 1 aliphatic rings. The predicted molar refractivity (Wildman–Crippen MR) is 84.0 cm³/mol. The minimum absolute atomic E-state index is 0.171. The Hall–Kier alpha value is -0.160. The van der Waals surface area contributed by atoms with Gasteiger partial charge < -0.3 is 15.2 Å². The van der Waals surface area contributed by atoms with Crippen LogP contribution in [0.4, 0.5) is 0 Å². The van der Waals surface area contributed by atoms with Crippen LogP contribution in [0.25, 0.3) is 0 Å². The van der Waals surface area contributed by atoms with Gasteiger partial charge in [-0.25, -0.2) is 0 Å². The Morgan fingerprint density at radius 2 is 2.20 bits per heavy atom. The smallest absolute Gasteiger partial charge is 0.0644 e. The van der Waals surface area contributed by atoms with Crippen LogP contribution >= 0.6 is 0 Å². The van der Waals surface area contributed by atoms with Gasteiger partial charge in [-0.15, -0.1) is 0 Å². The number of nitrogens with one attached hydrogen (secondary N) is 1. The van der Waals surface area contributed by atoms with Crippen molar-refractivity contribution in [3.63, 3.8) is 0 Å². The van der Waals surface area contributed by atoms with E-state index in [1.165, 1.54) is 12.8 Å². The van der Waals surface area contributed by atoms with Gasteiger partial charge in [-0.3, -0.25) is 4.90 Å². The van der Waals surface area contributed by atoms with Gasteiger partial charge in [0.2, 0.25) is 0 Å². The quantitative estimate of drug-likeness (QED) is 0.677. The molecule has 0 aromatic heterocycles. The van der Waals surface area contributed by atoms with Gasteiger partial charge in [0.05, 0.1) is 25.9 Å². The van der Waals surface area contributed by atoms with Crippen molar-refractivity contribution in [1.82, 2.24) is 10.2 Å². The summed E-state index contributed by atoms with van der Waals surface area (Å²) in [5.74, 6) is 0.689. The van der Waals surface area contributed by atoms with E-state index in [-0.39, 0.29) is 18.1 Å². The molecule has 0 aromatic carbocycles. The number of ether oxygens (including phenoxy) is 1. The molecule has 1 fully saturated rings. The second-order valence-corrected chi connectivity index (χ2v) is 6.97. The van der Waals surface area contributed by atoms with Crippen molar-refractivity contribution in [1.29, 1.82) is 0 Å². The van der Waals surface area contributed by atoms with Gasteiger partial charge in [-0.1, -0.05) is 34.1 Å². The van der Waals surface area contributed by atoms with E-state index in [2.05, 4.69) is 37.9 Å². The van der Waals surface area contributed by atoms with Crippen molar-refractivity contribution >= 4 is 0 Å². The zero-order chi connectivity index (χ0) is 15.0. The van der Waals surface area contributed by atoms with Gasteiger partial charge in [0, 0.05) is 19.6 Å². The van der Waals surface area contributed by atoms with Gasteiger partial charge in [0.25, 0.3) is 0 Å². The van der Waals surface area contributed by atoms with E-state index in [0.29, 0.717) is 12.5 Å². The Bertz CT molecular complexity index is 261. The maximum absolute atomic E-state index is 9.50. The first kappa shape index (κ1) is 17.9. The van der Waals surface area contributed by atoms with Crippen LogP contribution in [0.1, 0.15) is 40.5 Å². The molecule has 4 heteroatoms. The number of aliphatic hydroxyl groups excluding tert-OH is 1. The number of rotatable bonds is 9. The summed E-state index contributed by atoms with van der Waals surface area (Å²) < 4.78 is 5.47. The molecule has 4 nitrogen and oxygen atoms in total. The molecule has 2 atom stereocenters. The molecule has 1 heterocycles. The lowest BCUT2D eigenvalue weighted by Gasteiger charge is -2.41. The molecule has 1 aliphatic heterocycles. The highest BCUT2D eigenvalue weighted by atomic mass is 16.5. The monoisotopic (exact) mass is 286 g/mol. The Morgan fingerprint density at radius 3 is 2.80 bits per heavy atom. The summed E-state index contributed by atoms with van der Waals surface area (Å²) in [5.41, 5.74) is 0.272. The summed E-state index contributed by atoms with van der Waals surface area (Å²) in [4.78, 5) is 2.41. The maximum atomic E-state index is 9.50.